The highest BCUT2D eigenvalue weighted by atomic mass is 35.5. The Labute approximate surface area is 168 Å². The van der Waals surface area contributed by atoms with E-state index < -0.39 is 0 Å². The van der Waals surface area contributed by atoms with Crippen LogP contribution in [0, 0.1) is 5.41 Å². The summed E-state index contributed by atoms with van der Waals surface area (Å²) in [5.74, 6) is -0.00790. The van der Waals surface area contributed by atoms with Crippen molar-refractivity contribution in [1.82, 2.24) is 4.57 Å². The highest BCUT2D eigenvalue weighted by molar-refractivity contribution is 7.16. The zero-order valence-corrected chi connectivity index (χ0v) is 17.3. The van der Waals surface area contributed by atoms with Crippen molar-refractivity contribution in [2.45, 2.75) is 40.2 Å². The van der Waals surface area contributed by atoms with Gasteiger partial charge in [0.15, 0.2) is 6.29 Å². The van der Waals surface area contributed by atoms with Gasteiger partial charge in [-0.3, -0.25) is 9.59 Å². The Balaban J connectivity index is 1.81. The number of aryl methyl sites for hydroxylation is 2. The number of amides is 1. The number of anilines is 1. The average molecular weight is 403 g/mol. The fourth-order valence-electron chi connectivity index (χ4n) is 3.11. The van der Waals surface area contributed by atoms with Crippen LogP contribution >= 0.6 is 22.9 Å². The van der Waals surface area contributed by atoms with Crippen molar-refractivity contribution in [2.75, 3.05) is 5.32 Å². The number of carbonyl (C=O) groups is 2. The van der Waals surface area contributed by atoms with E-state index in [0.717, 1.165) is 33.6 Å². The Hall–Kier alpha value is -2.11. The minimum atomic E-state index is -0.0626. The number of fused-ring (bicyclic) bond motifs is 1. The minimum Gasteiger partial charge on any atom is -0.338 e. The van der Waals surface area contributed by atoms with Crippen LogP contribution < -0.4 is 5.32 Å². The lowest BCUT2D eigenvalue weighted by atomic mass is 9.92. The van der Waals surface area contributed by atoms with Gasteiger partial charge in [-0.25, -0.2) is 0 Å². The molecule has 6 heteroatoms. The van der Waals surface area contributed by atoms with Gasteiger partial charge < -0.3 is 9.88 Å². The van der Waals surface area contributed by atoms with Gasteiger partial charge in [-0.2, -0.15) is 0 Å². The zero-order valence-electron chi connectivity index (χ0n) is 15.7. The molecule has 1 amide bonds. The highest BCUT2D eigenvalue weighted by Crippen LogP contribution is 2.26. The average Bonchev–Trinajstić information content (AvgIpc) is 3.13. The number of nitrogens with zero attached hydrogens (tertiary/aromatic N) is 1. The lowest BCUT2D eigenvalue weighted by Gasteiger charge is -2.17. The van der Waals surface area contributed by atoms with Crippen LogP contribution in [0.15, 0.2) is 36.4 Å². The van der Waals surface area contributed by atoms with Gasteiger partial charge in [0.05, 0.1) is 10.0 Å². The first-order valence-corrected chi connectivity index (χ1v) is 10.1. The number of hydrogen-bond acceptors (Lipinski definition) is 3. The standard InChI is InChI=1S/C21H23ClN2O2S/c1-21(2,3)12-20(26)23-15-4-6-18-14(10-15)11-16(13-25)24(18)9-8-17-5-7-19(22)27-17/h4-7,10-11,13H,8-9,12H2,1-3H3,(H,23,26). The fraction of sp³-hybridized carbons (Fsp3) is 0.333. The maximum Gasteiger partial charge on any atom is 0.224 e. The van der Waals surface area contributed by atoms with E-state index in [1.54, 1.807) is 11.3 Å². The van der Waals surface area contributed by atoms with Crippen molar-refractivity contribution < 1.29 is 9.59 Å². The molecular formula is C21H23ClN2O2S. The number of aromatic nitrogens is 1. The van der Waals surface area contributed by atoms with Crippen LogP contribution in [-0.2, 0) is 17.8 Å². The molecule has 0 bridgehead atoms. The van der Waals surface area contributed by atoms with Gasteiger partial charge in [0.1, 0.15) is 0 Å². The first-order chi connectivity index (χ1) is 12.7. The molecule has 0 spiro atoms. The molecule has 2 heterocycles. The Morgan fingerprint density at radius 2 is 2.00 bits per heavy atom. The number of hydrogen-bond donors (Lipinski definition) is 1. The number of rotatable bonds is 6. The molecule has 142 valence electrons. The van der Waals surface area contributed by atoms with Crippen LogP contribution in [0.3, 0.4) is 0 Å². The third kappa shape index (κ3) is 4.99. The maximum absolute atomic E-state index is 12.2. The van der Waals surface area contributed by atoms with Crippen molar-refractivity contribution in [3.05, 3.63) is 51.3 Å². The van der Waals surface area contributed by atoms with Crippen molar-refractivity contribution >= 4 is 51.7 Å². The van der Waals surface area contributed by atoms with Gasteiger partial charge in [-0.05, 0) is 48.2 Å². The molecule has 4 nitrogen and oxygen atoms in total. The number of aldehydes is 1. The van der Waals surface area contributed by atoms with E-state index >= 15 is 0 Å². The van der Waals surface area contributed by atoms with Gasteiger partial charge in [0.2, 0.25) is 5.91 Å². The minimum absolute atomic E-state index is 0.00790. The topological polar surface area (TPSA) is 51.1 Å². The molecule has 27 heavy (non-hydrogen) atoms. The molecule has 0 radical (unpaired) electrons. The maximum atomic E-state index is 12.2. The molecule has 1 aromatic carbocycles. The summed E-state index contributed by atoms with van der Waals surface area (Å²) in [6.45, 7) is 6.80. The molecule has 3 aromatic rings. The quantitative estimate of drug-likeness (QED) is 0.531. The number of nitrogens with one attached hydrogen (secondary N) is 1. The Morgan fingerprint density at radius 1 is 1.22 bits per heavy atom. The third-order valence-electron chi connectivity index (χ3n) is 4.24. The number of thiophene rings is 1. The summed E-state index contributed by atoms with van der Waals surface area (Å²) in [5, 5.41) is 3.89. The fourth-order valence-corrected chi connectivity index (χ4v) is 4.19. The predicted molar refractivity (Wildman–Crippen MR) is 113 cm³/mol. The van der Waals surface area contributed by atoms with Crippen molar-refractivity contribution in [3.8, 4) is 0 Å². The van der Waals surface area contributed by atoms with Crippen LogP contribution in [0.25, 0.3) is 10.9 Å². The van der Waals surface area contributed by atoms with Gasteiger partial charge in [0.25, 0.3) is 0 Å². The second-order valence-corrected chi connectivity index (χ2v) is 9.65. The third-order valence-corrected chi connectivity index (χ3v) is 5.53. The Bertz CT molecular complexity index is 982. The van der Waals surface area contributed by atoms with Gasteiger partial charge >= 0.3 is 0 Å². The second kappa shape index (κ2) is 7.87. The molecule has 0 saturated carbocycles. The summed E-state index contributed by atoms with van der Waals surface area (Å²) in [6.07, 6.45) is 2.14. The van der Waals surface area contributed by atoms with Crippen LogP contribution in [0.2, 0.25) is 4.34 Å². The molecule has 0 aliphatic rings. The molecular weight excluding hydrogens is 380 g/mol. The van der Waals surface area contributed by atoms with E-state index in [2.05, 4.69) is 5.32 Å². The normalized spacial score (nSPS) is 11.7. The first kappa shape index (κ1) is 19.6. The van der Waals surface area contributed by atoms with Crippen LogP contribution in [-0.4, -0.2) is 16.8 Å². The summed E-state index contributed by atoms with van der Waals surface area (Å²) in [6, 6.07) is 11.5. The number of halogens is 1. The van der Waals surface area contributed by atoms with Crippen LogP contribution in [0.4, 0.5) is 5.69 Å². The predicted octanol–water partition coefficient (Wildman–Crippen LogP) is 5.79. The summed E-state index contributed by atoms with van der Waals surface area (Å²) in [7, 11) is 0. The Kier molecular flexibility index (Phi) is 5.72. The van der Waals surface area contributed by atoms with Crippen LogP contribution in [0.5, 0.6) is 0 Å². The van der Waals surface area contributed by atoms with E-state index in [9.17, 15) is 9.59 Å². The van der Waals surface area contributed by atoms with E-state index in [-0.39, 0.29) is 11.3 Å². The second-order valence-electron chi connectivity index (χ2n) is 7.85. The van der Waals surface area contributed by atoms with E-state index in [4.69, 9.17) is 11.6 Å². The molecule has 0 unspecified atom stereocenters. The molecule has 0 aliphatic heterocycles. The molecule has 3 rings (SSSR count). The van der Waals surface area contributed by atoms with Gasteiger partial charge in [-0.15, -0.1) is 11.3 Å². The number of benzene rings is 1. The summed E-state index contributed by atoms with van der Waals surface area (Å²) in [4.78, 5) is 24.9. The van der Waals surface area contributed by atoms with Gasteiger partial charge in [-0.1, -0.05) is 32.4 Å². The van der Waals surface area contributed by atoms with E-state index in [1.165, 1.54) is 4.88 Å². The zero-order chi connectivity index (χ0) is 19.6. The lowest BCUT2D eigenvalue weighted by molar-refractivity contribution is -0.117. The molecule has 0 atom stereocenters. The van der Waals surface area contributed by atoms with Crippen molar-refractivity contribution in [3.63, 3.8) is 0 Å². The molecule has 2 aromatic heterocycles. The van der Waals surface area contributed by atoms with Gasteiger partial charge in [0, 0.05) is 34.4 Å². The highest BCUT2D eigenvalue weighted by Gasteiger charge is 2.16. The van der Waals surface area contributed by atoms with Crippen molar-refractivity contribution in [1.29, 1.82) is 0 Å². The molecule has 0 fully saturated rings. The summed E-state index contributed by atoms with van der Waals surface area (Å²) >= 11 is 7.55. The SMILES string of the molecule is CC(C)(C)CC(=O)Nc1ccc2c(c1)cc(C=O)n2CCc1ccc(Cl)s1. The molecule has 1 N–H and O–H groups in total. The van der Waals surface area contributed by atoms with E-state index in [1.807, 2.05) is 61.7 Å². The molecule has 0 aliphatic carbocycles. The summed E-state index contributed by atoms with van der Waals surface area (Å²) in [5.41, 5.74) is 2.29. The smallest absolute Gasteiger partial charge is 0.224 e. The number of carbonyl (C=O) groups excluding carboxylic acids is 2. The lowest BCUT2D eigenvalue weighted by Crippen LogP contribution is -2.19. The first-order valence-electron chi connectivity index (χ1n) is 8.88. The summed E-state index contributed by atoms with van der Waals surface area (Å²) < 4.78 is 2.78. The monoisotopic (exact) mass is 402 g/mol. The Morgan fingerprint density at radius 3 is 2.63 bits per heavy atom. The van der Waals surface area contributed by atoms with E-state index in [0.29, 0.717) is 18.7 Å². The van der Waals surface area contributed by atoms with Crippen LogP contribution in [0.1, 0.15) is 42.6 Å². The molecule has 0 saturated heterocycles. The largest absolute Gasteiger partial charge is 0.338 e. The van der Waals surface area contributed by atoms with Crippen molar-refractivity contribution in [2.24, 2.45) is 5.41 Å².